The Morgan fingerprint density at radius 3 is 2.42 bits per heavy atom. The van der Waals surface area contributed by atoms with Gasteiger partial charge in [-0.25, -0.2) is 0 Å². The molecule has 1 saturated heterocycles. The maximum absolute atomic E-state index is 13.1. The number of alkyl halides is 1. The summed E-state index contributed by atoms with van der Waals surface area (Å²) >= 11 is 3.67. The molecule has 19 heavy (non-hydrogen) atoms. The minimum atomic E-state index is 0.0376. The highest BCUT2D eigenvalue weighted by Crippen LogP contribution is 2.65. The number of rotatable bonds is 1. The second kappa shape index (κ2) is 3.99. The second-order valence-corrected chi connectivity index (χ2v) is 9.48. The van der Waals surface area contributed by atoms with Crippen molar-refractivity contribution in [1.82, 2.24) is 4.90 Å². The van der Waals surface area contributed by atoms with Crippen LogP contribution in [-0.4, -0.2) is 28.7 Å². The number of nitrogens with zero attached hydrogens (tertiary/aromatic N) is 1. The third-order valence-corrected chi connectivity index (χ3v) is 6.97. The number of likely N-dealkylation sites (tertiary alicyclic amines) is 1. The lowest BCUT2D eigenvalue weighted by molar-refractivity contribution is -0.165. The Morgan fingerprint density at radius 1 is 1.21 bits per heavy atom. The van der Waals surface area contributed by atoms with Gasteiger partial charge >= 0.3 is 0 Å². The molecule has 5 fully saturated rings. The lowest BCUT2D eigenvalue weighted by atomic mass is 9.44. The molecule has 106 valence electrons. The number of halogens is 1. The highest BCUT2D eigenvalue weighted by atomic mass is 79.9. The van der Waals surface area contributed by atoms with E-state index in [9.17, 15) is 4.79 Å². The Kier molecular flexibility index (Phi) is 2.66. The average molecular weight is 326 g/mol. The van der Waals surface area contributed by atoms with Gasteiger partial charge in [0.15, 0.2) is 0 Å². The fourth-order valence-electron chi connectivity index (χ4n) is 6.21. The summed E-state index contributed by atoms with van der Waals surface area (Å²) in [6.45, 7) is 4.36. The summed E-state index contributed by atoms with van der Waals surface area (Å²) in [6, 6.07) is 0. The van der Waals surface area contributed by atoms with Gasteiger partial charge in [0.05, 0.1) is 5.41 Å². The lowest BCUT2D eigenvalue weighted by Crippen LogP contribution is -2.57. The third kappa shape index (κ3) is 1.91. The second-order valence-electron chi connectivity index (χ2n) is 8.19. The molecule has 1 amide bonds. The standard InChI is InChI=1S/C16H24BrNO/c1-15-5-11-4-12(6-15)8-16(7-11,10-15)14(19)18-3-2-13(17)9-18/h11-13H,2-10H2,1H3. The SMILES string of the molecule is CC12CC3CC(C1)CC(C(=O)N1CCC(Br)C1)(C3)C2. The third-order valence-electron chi connectivity index (χ3n) is 6.23. The molecule has 5 aliphatic rings. The van der Waals surface area contributed by atoms with Gasteiger partial charge in [-0.3, -0.25) is 4.79 Å². The van der Waals surface area contributed by atoms with Crippen LogP contribution in [0.1, 0.15) is 51.9 Å². The number of hydrogen-bond acceptors (Lipinski definition) is 1. The molecular weight excluding hydrogens is 302 g/mol. The van der Waals surface area contributed by atoms with Gasteiger partial charge < -0.3 is 4.90 Å². The summed E-state index contributed by atoms with van der Waals surface area (Å²) in [5, 5.41) is 0. The molecule has 2 nitrogen and oxygen atoms in total. The fraction of sp³-hybridized carbons (Fsp3) is 0.938. The average Bonchev–Trinajstić information content (AvgIpc) is 2.71. The molecule has 3 unspecified atom stereocenters. The Morgan fingerprint density at radius 2 is 1.89 bits per heavy atom. The van der Waals surface area contributed by atoms with Crippen molar-refractivity contribution in [3.05, 3.63) is 0 Å². The quantitative estimate of drug-likeness (QED) is 0.675. The van der Waals surface area contributed by atoms with Gasteiger partial charge in [0, 0.05) is 17.9 Å². The monoisotopic (exact) mass is 325 g/mol. The number of hydrogen-bond donors (Lipinski definition) is 0. The molecule has 0 aromatic heterocycles. The van der Waals surface area contributed by atoms with Gasteiger partial charge in [-0.2, -0.15) is 0 Å². The molecule has 0 aromatic carbocycles. The molecule has 4 bridgehead atoms. The van der Waals surface area contributed by atoms with Crippen LogP contribution in [-0.2, 0) is 4.79 Å². The van der Waals surface area contributed by atoms with E-state index >= 15 is 0 Å². The molecule has 5 rings (SSSR count). The first-order valence-corrected chi connectivity index (χ1v) is 8.83. The van der Waals surface area contributed by atoms with Crippen molar-refractivity contribution < 1.29 is 4.79 Å². The van der Waals surface area contributed by atoms with Gasteiger partial charge in [0.2, 0.25) is 5.91 Å². The first-order valence-electron chi connectivity index (χ1n) is 7.92. The predicted octanol–water partition coefficient (Wildman–Crippen LogP) is 3.59. The zero-order valence-corrected chi connectivity index (χ0v) is 13.4. The van der Waals surface area contributed by atoms with E-state index in [0.29, 0.717) is 16.1 Å². The molecular formula is C16H24BrNO. The van der Waals surface area contributed by atoms with Crippen LogP contribution >= 0.6 is 15.9 Å². The molecule has 1 aliphatic heterocycles. The van der Waals surface area contributed by atoms with Gasteiger partial charge in [-0.05, 0) is 62.2 Å². The fourth-order valence-corrected chi connectivity index (χ4v) is 6.76. The molecule has 0 radical (unpaired) electrons. The van der Waals surface area contributed by atoms with Crippen molar-refractivity contribution in [1.29, 1.82) is 0 Å². The predicted molar refractivity (Wildman–Crippen MR) is 79.1 cm³/mol. The molecule has 0 aromatic rings. The molecule has 4 saturated carbocycles. The number of carbonyl (C=O) groups excluding carboxylic acids is 1. The normalized spacial score (nSPS) is 51.9. The highest BCUT2D eigenvalue weighted by molar-refractivity contribution is 9.09. The van der Waals surface area contributed by atoms with Crippen LogP contribution in [0.3, 0.4) is 0 Å². The van der Waals surface area contributed by atoms with Crippen molar-refractivity contribution in [2.45, 2.75) is 56.7 Å². The van der Waals surface area contributed by atoms with Gasteiger partial charge in [0.25, 0.3) is 0 Å². The summed E-state index contributed by atoms with van der Waals surface area (Å²) < 4.78 is 0. The van der Waals surface area contributed by atoms with E-state index in [1.807, 2.05) is 0 Å². The highest BCUT2D eigenvalue weighted by Gasteiger charge is 2.59. The summed E-state index contributed by atoms with van der Waals surface area (Å²) in [4.78, 5) is 15.8. The minimum absolute atomic E-state index is 0.0376. The van der Waals surface area contributed by atoms with Crippen molar-refractivity contribution >= 4 is 21.8 Å². The lowest BCUT2D eigenvalue weighted by Gasteiger charge is -2.61. The molecule has 0 spiro atoms. The Balaban J connectivity index is 1.61. The van der Waals surface area contributed by atoms with Crippen LogP contribution in [0.5, 0.6) is 0 Å². The van der Waals surface area contributed by atoms with Crippen LogP contribution < -0.4 is 0 Å². The Hall–Kier alpha value is -0.0500. The maximum Gasteiger partial charge on any atom is 0.228 e. The Bertz CT molecular complexity index is 407. The van der Waals surface area contributed by atoms with E-state index in [1.165, 1.54) is 38.5 Å². The van der Waals surface area contributed by atoms with Gasteiger partial charge in [0.1, 0.15) is 0 Å². The minimum Gasteiger partial charge on any atom is -0.341 e. The first-order chi connectivity index (χ1) is 8.98. The molecule has 1 heterocycles. The topological polar surface area (TPSA) is 20.3 Å². The van der Waals surface area contributed by atoms with E-state index in [1.54, 1.807) is 0 Å². The van der Waals surface area contributed by atoms with Crippen LogP contribution in [0.4, 0.5) is 0 Å². The van der Waals surface area contributed by atoms with Crippen LogP contribution in [0, 0.1) is 22.7 Å². The maximum atomic E-state index is 13.1. The van der Waals surface area contributed by atoms with Crippen LogP contribution in [0.25, 0.3) is 0 Å². The van der Waals surface area contributed by atoms with Crippen molar-refractivity contribution in [3.63, 3.8) is 0 Å². The first kappa shape index (κ1) is 12.7. The molecule has 3 heteroatoms. The van der Waals surface area contributed by atoms with E-state index < -0.39 is 0 Å². The molecule has 3 atom stereocenters. The van der Waals surface area contributed by atoms with Crippen molar-refractivity contribution in [2.24, 2.45) is 22.7 Å². The van der Waals surface area contributed by atoms with Crippen molar-refractivity contribution in [3.8, 4) is 0 Å². The summed E-state index contributed by atoms with van der Waals surface area (Å²) in [5.41, 5.74) is 0.517. The zero-order chi connectivity index (χ0) is 13.3. The summed E-state index contributed by atoms with van der Waals surface area (Å²) in [5.74, 6) is 2.20. The number of carbonyl (C=O) groups is 1. The van der Waals surface area contributed by atoms with E-state index in [2.05, 4.69) is 27.8 Å². The Labute approximate surface area is 124 Å². The zero-order valence-electron chi connectivity index (χ0n) is 11.8. The van der Waals surface area contributed by atoms with Crippen LogP contribution in [0.15, 0.2) is 0 Å². The van der Waals surface area contributed by atoms with Gasteiger partial charge in [-0.1, -0.05) is 22.9 Å². The summed E-state index contributed by atoms with van der Waals surface area (Å²) in [6.07, 6.45) is 8.88. The molecule has 0 N–H and O–H groups in total. The summed E-state index contributed by atoms with van der Waals surface area (Å²) in [7, 11) is 0. The largest absolute Gasteiger partial charge is 0.341 e. The smallest absolute Gasteiger partial charge is 0.228 e. The molecule has 4 aliphatic carbocycles. The van der Waals surface area contributed by atoms with E-state index in [4.69, 9.17) is 0 Å². The van der Waals surface area contributed by atoms with Gasteiger partial charge in [-0.15, -0.1) is 0 Å². The number of amides is 1. The van der Waals surface area contributed by atoms with Crippen molar-refractivity contribution in [2.75, 3.05) is 13.1 Å². The van der Waals surface area contributed by atoms with E-state index in [-0.39, 0.29) is 5.41 Å². The van der Waals surface area contributed by atoms with Crippen LogP contribution in [0.2, 0.25) is 0 Å². The van der Waals surface area contributed by atoms with E-state index in [0.717, 1.165) is 31.3 Å².